The Bertz CT molecular complexity index is 3870. The average Bonchev–Trinajstić information content (AvgIpc) is 4.04. The molecule has 0 fully saturated rings. The van der Waals surface area contributed by atoms with Crippen molar-refractivity contribution < 1.29 is 4.42 Å². The zero-order valence-corrected chi connectivity index (χ0v) is 36.0. The summed E-state index contributed by atoms with van der Waals surface area (Å²) in [5.74, 6) is 0. The molecule has 10 aromatic carbocycles. The number of rotatable bonds is 8. The molecule has 13 rings (SSSR count). The molecule has 4 nitrogen and oxygen atoms in total. The van der Waals surface area contributed by atoms with Crippen LogP contribution in [0.2, 0.25) is 0 Å². The van der Waals surface area contributed by atoms with E-state index in [-0.39, 0.29) is 0 Å². The minimum atomic E-state index is 0.855. The third-order valence-corrected chi connectivity index (χ3v) is 13.9. The van der Waals surface area contributed by atoms with E-state index in [1.165, 1.54) is 42.0 Å². The second kappa shape index (κ2) is 15.2. The first-order valence-electron chi connectivity index (χ1n) is 22.0. The lowest BCUT2D eigenvalue weighted by molar-refractivity contribution is 0.669. The van der Waals surface area contributed by atoms with Gasteiger partial charge in [-0.3, -0.25) is 0 Å². The Labute approximate surface area is 379 Å². The molecule has 0 aliphatic rings. The Kier molecular flexibility index (Phi) is 8.68. The van der Waals surface area contributed by atoms with Crippen molar-refractivity contribution >= 4 is 109 Å². The first kappa shape index (κ1) is 37.2. The van der Waals surface area contributed by atoms with Gasteiger partial charge >= 0.3 is 0 Å². The molecule has 0 radical (unpaired) electrons. The van der Waals surface area contributed by atoms with Gasteiger partial charge in [0, 0.05) is 81.5 Å². The van der Waals surface area contributed by atoms with Crippen molar-refractivity contribution in [2.75, 3.05) is 9.80 Å². The van der Waals surface area contributed by atoms with Crippen molar-refractivity contribution in [1.82, 2.24) is 4.57 Å². The van der Waals surface area contributed by atoms with Gasteiger partial charge < -0.3 is 18.8 Å². The van der Waals surface area contributed by atoms with E-state index >= 15 is 0 Å². The van der Waals surface area contributed by atoms with E-state index in [1.807, 2.05) is 11.3 Å². The van der Waals surface area contributed by atoms with Gasteiger partial charge in [0.25, 0.3) is 0 Å². The van der Waals surface area contributed by atoms with Gasteiger partial charge in [0.15, 0.2) is 0 Å². The number of anilines is 6. The van der Waals surface area contributed by atoms with Crippen LogP contribution in [0.3, 0.4) is 0 Å². The number of furan rings is 1. The summed E-state index contributed by atoms with van der Waals surface area (Å²) < 4.78 is 11.5. The number of nitrogens with zero attached hydrogens (tertiary/aromatic N) is 3. The Morgan fingerprint density at radius 2 is 0.815 bits per heavy atom. The predicted molar refractivity (Wildman–Crippen MR) is 276 cm³/mol. The van der Waals surface area contributed by atoms with Crippen molar-refractivity contribution in [2.24, 2.45) is 0 Å². The summed E-state index contributed by atoms with van der Waals surface area (Å²) in [5, 5.41) is 7.15. The molecule has 0 aliphatic carbocycles. The third-order valence-electron chi connectivity index (χ3n) is 12.7. The van der Waals surface area contributed by atoms with Crippen molar-refractivity contribution in [1.29, 1.82) is 0 Å². The van der Waals surface area contributed by atoms with Crippen LogP contribution in [0, 0.1) is 0 Å². The summed E-state index contributed by atoms with van der Waals surface area (Å²) in [4.78, 5) is 4.71. The minimum Gasteiger partial charge on any atom is -0.456 e. The molecule has 3 aromatic heterocycles. The van der Waals surface area contributed by atoms with E-state index in [2.05, 4.69) is 251 Å². The Hall–Kier alpha value is -8.38. The molecule has 0 N–H and O–H groups in total. The Balaban J connectivity index is 0.981. The van der Waals surface area contributed by atoms with Crippen molar-refractivity contribution in [2.45, 2.75) is 0 Å². The van der Waals surface area contributed by atoms with E-state index in [9.17, 15) is 0 Å². The second-order valence-corrected chi connectivity index (χ2v) is 17.6. The fourth-order valence-corrected chi connectivity index (χ4v) is 10.8. The number of thiophene rings is 1. The van der Waals surface area contributed by atoms with Crippen molar-refractivity contribution in [3.63, 3.8) is 0 Å². The molecule has 0 saturated carbocycles. The maximum absolute atomic E-state index is 6.59. The van der Waals surface area contributed by atoms with Crippen LogP contribution in [0.15, 0.2) is 241 Å². The van der Waals surface area contributed by atoms with Crippen LogP contribution in [-0.2, 0) is 0 Å². The molecule has 0 atom stereocenters. The molecule has 5 heteroatoms. The number of hydrogen-bond acceptors (Lipinski definition) is 4. The molecule has 306 valence electrons. The van der Waals surface area contributed by atoms with Crippen LogP contribution in [0.4, 0.5) is 34.1 Å². The van der Waals surface area contributed by atoms with Crippen LogP contribution in [0.5, 0.6) is 0 Å². The number of benzene rings is 10. The molecule has 0 saturated heterocycles. The fourth-order valence-electron chi connectivity index (χ4n) is 9.76. The summed E-state index contributed by atoms with van der Waals surface area (Å²) in [6.45, 7) is 0. The lowest BCUT2D eigenvalue weighted by atomic mass is 10.0. The number of para-hydroxylation sites is 4. The van der Waals surface area contributed by atoms with Crippen LogP contribution < -0.4 is 9.80 Å². The highest BCUT2D eigenvalue weighted by atomic mass is 32.1. The average molecular weight is 850 g/mol. The third kappa shape index (κ3) is 6.28. The highest BCUT2D eigenvalue weighted by molar-refractivity contribution is 7.25. The number of aromatic nitrogens is 1. The standard InChI is InChI=1S/C60H39N3OS/c1-4-15-42(16-5-1)61(43-17-6-2-7-18-43)45-21-14-22-46(37-45)62(48-30-34-60-54(39-48)51-24-11-13-26-59(51)65-60)47-29-33-58-53(38-47)52-35-40(28-32-57(52)64-58)41-27-31-50-49-23-10-12-25-55(49)63(56(50)36-41)44-19-8-3-9-20-44/h1-39H. The highest BCUT2D eigenvalue weighted by Crippen LogP contribution is 2.45. The van der Waals surface area contributed by atoms with Gasteiger partial charge in [-0.05, 0) is 132 Å². The lowest BCUT2D eigenvalue weighted by Gasteiger charge is -2.29. The summed E-state index contributed by atoms with van der Waals surface area (Å²) in [5.41, 5.74) is 14.0. The minimum absolute atomic E-state index is 0.855. The van der Waals surface area contributed by atoms with Crippen LogP contribution in [0.1, 0.15) is 0 Å². The quantitative estimate of drug-likeness (QED) is 0.152. The molecule has 13 aromatic rings. The maximum Gasteiger partial charge on any atom is 0.135 e. The topological polar surface area (TPSA) is 24.6 Å². The molecule has 65 heavy (non-hydrogen) atoms. The monoisotopic (exact) mass is 849 g/mol. The van der Waals surface area contributed by atoms with Crippen molar-refractivity contribution in [3.8, 4) is 16.8 Å². The predicted octanol–water partition coefficient (Wildman–Crippen LogP) is 17.7. The normalized spacial score (nSPS) is 11.7. The maximum atomic E-state index is 6.59. The van der Waals surface area contributed by atoms with Crippen LogP contribution in [0.25, 0.3) is 80.7 Å². The summed E-state index contributed by atoms with van der Waals surface area (Å²) in [6.07, 6.45) is 0. The zero-order chi connectivity index (χ0) is 42.8. The van der Waals surface area contributed by atoms with Gasteiger partial charge in [-0.2, -0.15) is 0 Å². The van der Waals surface area contributed by atoms with E-state index in [1.54, 1.807) is 0 Å². The number of hydrogen-bond donors (Lipinski definition) is 0. The molecule has 3 heterocycles. The van der Waals surface area contributed by atoms with E-state index in [4.69, 9.17) is 4.42 Å². The van der Waals surface area contributed by atoms with E-state index < -0.39 is 0 Å². The van der Waals surface area contributed by atoms with Crippen LogP contribution in [-0.4, -0.2) is 4.57 Å². The molecular weight excluding hydrogens is 811 g/mol. The van der Waals surface area contributed by atoms with Crippen LogP contribution >= 0.6 is 11.3 Å². The van der Waals surface area contributed by atoms with Gasteiger partial charge in [-0.15, -0.1) is 11.3 Å². The summed E-state index contributed by atoms with van der Waals surface area (Å²) in [7, 11) is 0. The SMILES string of the molecule is c1ccc(N(c2ccccc2)c2cccc(N(c3ccc4oc5ccc(-c6ccc7c8ccccc8n(-c8ccccc8)c7c6)cc5c4c3)c3ccc4sc5ccccc5c4c3)c2)cc1. The van der Waals surface area contributed by atoms with Gasteiger partial charge in [-0.25, -0.2) is 0 Å². The molecular formula is C60H39N3OS. The van der Waals surface area contributed by atoms with E-state index in [0.29, 0.717) is 0 Å². The van der Waals surface area contributed by atoms with Crippen molar-refractivity contribution in [3.05, 3.63) is 237 Å². The highest BCUT2D eigenvalue weighted by Gasteiger charge is 2.21. The van der Waals surface area contributed by atoms with Gasteiger partial charge in [0.2, 0.25) is 0 Å². The smallest absolute Gasteiger partial charge is 0.135 e. The van der Waals surface area contributed by atoms with E-state index in [0.717, 1.165) is 72.9 Å². The second-order valence-electron chi connectivity index (χ2n) is 16.6. The van der Waals surface area contributed by atoms with Gasteiger partial charge in [0.1, 0.15) is 11.2 Å². The number of fused-ring (bicyclic) bond motifs is 9. The van der Waals surface area contributed by atoms with Gasteiger partial charge in [-0.1, -0.05) is 115 Å². The largest absolute Gasteiger partial charge is 0.456 e. The fraction of sp³-hybridized carbons (Fsp3) is 0. The summed E-state index contributed by atoms with van der Waals surface area (Å²) in [6, 6.07) is 85.1. The Morgan fingerprint density at radius 3 is 1.57 bits per heavy atom. The first-order chi connectivity index (χ1) is 32.2. The molecule has 0 spiro atoms. The summed E-state index contributed by atoms with van der Waals surface area (Å²) >= 11 is 1.84. The molecule has 0 unspecified atom stereocenters. The Morgan fingerprint density at radius 1 is 0.308 bits per heavy atom. The lowest BCUT2D eigenvalue weighted by Crippen LogP contribution is -2.13. The molecule has 0 aliphatic heterocycles. The molecule has 0 bridgehead atoms. The van der Waals surface area contributed by atoms with Gasteiger partial charge in [0.05, 0.1) is 11.0 Å². The first-order valence-corrected chi connectivity index (χ1v) is 22.8. The zero-order valence-electron chi connectivity index (χ0n) is 35.2. The molecule has 0 amide bonds.